The lowest BCUT2D eigenvalue weighted by molar-refractivity contribution is 0.0964. The van der Waals surface area contributed by atoms with Crippen molar-refractivity contribution in [1.82, 2.24) is 20.1 Å². The molecule has 3 N–H and O–H groups in total. The molecular formula is C21H18N4O2S. The van der Waals surface area contributed by atoms with E-state index in [1.165, 1.54) is 0 Å². The van der Waals surface area contributed by atoms with Crippen LogP contribution in [0.1, 0.15) is 15.9 Å². The van der Waals surface area contributed by atoms with Gasteiger partial charge in [-0.2, -0.15) is 5.10 Å². The summed E-state index contributed by atoms with van der Waals surface area (Å²) in [7, 11) is 1.61. The molecular weight excluding hydrogens is 372 g/mol. The van der Waals surface area contributed by atoms with Gasteiger partial charge in [0.2, 0.25) is 0 Å². The molecule has 0 unspecified atom stereocenters. The average Bonchev–Trinajstić information content (AvgIpc) is 3.07. The fraction of sp³-hybridized carbons (Fsp3) is 0.0952. The maximum atomic E-state index is 12.3. The fourth-order valence-electron chi connectivity index (χ4n) is 3.41. The van der Waals surface area contributed by atoms with E-state index in [4.69, 9.17) is 12.2 Å². The van der Waals surface area contributed by atoms with Crippen molar-refractivity contribution in [2.75, 3.05) is 7.05 Å². The number of benzene rings is 3. The summed E-state index contributed by atoms with van der Waals surface area (Å²) in [4.78, 5) is 12.3. The Labute approximate surface area is 166 Å². The molecule has 0 aliphatic heterocycles. The summed E-state index contributed by atoms with van der Waals surface area (Å²) < 4.78 is 2.30. The normalized spacial score (nSPS) is 10.9. The molecule has 1 amide bonds. The van der Waals surface area contributed by atoms with E-state index in [9.17, 15) is 9.90 Å². The monoisotopic (exact) mass is 390 g/mol. The van der Waals surface area contributed by atoms with Gasteiger partial charge in [-0.05, 0) is 60.4 Å². The molecule has 4 rings (SSSR count). The van der Waals surface area contributed by atoms with Crippen molar-refractivity contribution >= 4 is 28.9 Å². The molecule has 0 spiro atoms. The van der Waals surface area contributed by atoms with Crippen LogP contribution in [0.4, 0.5) is 0 Å². The average molecular weight is 390 g/mol. The molecule has 4 aromatic rings. The van der Waals surface area contributed by atoms with Gasteiger partial charge < -0.3 is 10.4 Å². The van der Waals surface area contributed by atoms with Crippen LogP contribution in [0.25, 0.3) is 27.8 Å². The van der Waals surface area contributed by atoms with Gasteiger partial charge >= 0.3 is 0 Å². The second-order valence-electron chi connectivity index (χ2n) is 6.44. The van der Waals surface area contributed by atoms with Crippen molar-refractivity contribution in [3.05, 3.63) is 70.5 Å². The third kappa shape index (κ3) is 2.86. The number of nitrogens with zero attached hydrogens (tertiary/aromatic N) is 2. The van der Waals surface area contributed by atoms with E-state index in [1.54, 1.807) is 25.2 Å². The molecule has 28 heavy (non-hydrogen) atoms. The number of rotatable bonds is 3. The molecule has 0 saturated carbocycles. The molecule has 0 aliphatic carbocycles. The van der Waals surface area contributed by atoms with Crippen LogP contribution in [-0.2, 0) is 0 Å². The summed E-state index contributed by atoms with van der Waals surface area (Å²) in [5.41, 5.74) is 3.15. The van der Waals surface area contributed by atoms with Crippen molar-refractivity contribution in [3.63, 3.8) is 0 Å². The molecule has 0 fully saturated rings. The number of amides is 1. The third-order valence-electron chi connectivity index (χ3n) is 4.74. The smallest absolute Gasteiger partial charge is 0.251 e. The standard InChI is InChI=1S/C21H18N4O2S/c1-12-11-13(26)7-8-14(12)19-23-24-21(28)25(19)18-10-9-17(20(27)22-2)15-5-3-4-6-16(15)18/h3-11,26H,1-2H3,(H,22,27)(H,24,28). The Hall–Kier alpha value is -3.45. The summed E-state index contributed by atoms with van der Waals surface area (Å²) >= 11 is 5.51. The Morgan fingerprint density at radius 2 is 1.89 bits per heavy atom. The highest BCUT2D eigenvalue weighted by Crippen LogP contribution is 2.31. The molecule has 7 heteroatoms. The number of fused-ring (bicyclic) bond motifs is 1. The molecule has 1 aromatic heterocycles. The molecule has 0 radical (unpaired) electrons. The molecule has 0 saturated heterocycles. The van der Waals surface area contributed by atoms with Crippen LogP contribution < -0.4 is 5.32 Å². The van der Waals surface area contributed by atoms with Gasteiger partial charge in [-0.3, -0.25) is 14.5 Å². The number of phenolic OH excluding ortho intramolecular Hbond substituents is 1. The van der Waals surface area contributed by atoms with Gasteiger partial charge in [-0.25, -0.2) is 0 Å². The Balaban J connectivity index is 2.02. The lowest BCUT2D eigenvalue weighted by Gasteiger charge is -2.14. The predicted molar refractivity (Wildman–Crippen MR) is 111 cm³/mol. The number of H-pyrrole nitrogens is 1. The Morgan fingerprint density at radius 3 is 2.61 bits per heavy atom. The number of hydrogen-bond acceptors (Lipinski definition) is 4. The van der Waals surface area contributed by atoms with Crippen molar-refractivity contribution in [2.24, 2.45) is 0 Å². The Bertz CT molecular complexity index is 1270. The van der Waals surface area contributed by atoms with Crippen LogP contribution in [0.2, 0.25) is 0 Å². The first kappa shape index (κ1) is 17.9. The second-order valence-corrected chi connectivity index (χ2v) is 6.83. The number of aromatic amines is 1. The van der Waals surface area contributed by atoms with Crippen molar-refractivity contribution in [3.8, 4) is 22.8 Å². The minimum Gasteiger partial charge on any atom is -0.508 e. The van der Waals surface area contributed by atoms with Gasteiger partial charge in [-0.15, -0.1) is 0 Å². The summed E-state index contributed by atoms with van der Waals surface area (Å²) in [6.07, 6.45) is 0. The van der Waals surface area contributed by atoms with Crippen molar-refractivity contribution < 1.29 is 9.90 Å². The quantitative estimate of drug-likeness (QED) is 0.460. The second kappa shape index (κ2) is 6.94. The highest BCUT2D eigenvalue weighted by molar-refractivity contribution is 7.71. The number of aryl methyl sites for hydroxylation is 1. The van der Waals surface area contributed by atoms with Crippen LogP contribution in [0, 0.1) is 11.7 Å². The zero-order chi connectivity index (χ0) is 19.8. The number of phenols is 1. The minimum atomic E-state index is -0.145. The lowest BCUT2D eigenvalue weighted by atomic mass is 10.0. The summed E-state index contributed by atoms with van der Waals surface area (Å²) in [5.74, 6) is 0.691. The van der Waals surface area contributed by atoms with E-state index in [2.05, 4.69) is 15.5 Å². The number of carbonyl (C=O) groups excluding carboxylic acids is 1. The Kier molecular flexibility index (Phi) is 4.44. The van der Waals surface area contributed by atoms with Crippen LogP contribution in [0.3, 0.4) is 0 Å². The number of nitrogens with one attached hydrogen (secondary N) is 2. The van der Waals surface area contributed by atoms with E-state index < -0.39 is 0 Å². The minimum absolute atomic E-state index is 0.145. The summed E-state index contributed by atoms with van der Waals surface area (Å²) in [6.45, 7) is 1.91. The van der Waals surface area contributed by atoms with Gasteiger partial charge in [0.15, 0.2) is 10.6 Å². The number of carbonyl (C=O) groups is 1. The van der Waals surface area contributed by atoms with E-state index in [-0.39, 0.29) is 11.7 Å². The molecule has 0 aliphatic rings. The van der Waals surface area contributed by atoms with E-state index in [1.807, 2.05) is 47.9 Å². The third-order valence-corrected chi connectivity index (χ3v) is 5.01. The molecule has 6 nitrogen and oxygen atoms in total. The zero-order valence-corrected chi connectivity index (χ0v) is 16.2. The number of hydrogen-bond donors (Lipinski definition) is 3. The first-order chi connectivity index (χ1) is 13.5. The van der Waals surface area contributed by atoms with Crippen LogP contribution in [0.15, 0.2) is 54.6 Å². The molecule has 3 aromatic carbocycles. The first-order valence-corrected chi connectivity index (χ1v) is 9.13. The van der Waals surface area contributed by atoms with Crippen molar-refractivity contribution in [1.29, 1.82) is 0 Å². The van der Waals surface area contributed by atoms with Crippen LogP contribution in [-0.4, -0.2) is 32.8 Å². The fourth-order valence-corrected chi connectivity index (χ4v) is 3.64. The van der Waals surface area contributed by atoms with Gasteiger partial charge in [0.1, 0.15) is 5.75 Å². The molecule has 0 atom stereocenters. The van der Waals surface area contributed by atoms with E-state index >= 15 is 0 Å². The first-order valence-electron chi connectivity index (χ1n) is 8.73. The number of aromatic hydroxyl groups is 1. The number of aromatic nitrogens is 3. The zero-order valence-electron chi connectivity index (χ0n) is 15.4. The largest absolute Gasteiger partial charge is 0.508 e. The van der Waals surface area contributed by atoms with E-state index in [0.29, 0.717) is 16.2 Å². The topological polar surface area (TPSA) is 82.9 Å². The highest BCUT2D eigenvalue weighted by Gasteiger charge is 2.17. The lowest BCUT2D eigenvalue weighted by Crippen LogP contribution is -2.18. The van der Waals surface area contributed by atoms with Gasteiger partial charge in [-0.1, -0.05) is 24.3 Å². The maximum absolute atomic E-state index is 12.3. The highest BCUT2D eigenvalue weighted by atomic mass is 32.1. The van der Waals surface area contributed by atoms with E-state index in [0.717, 1.165) is 27.6 Å². The van der Waals surface area contributed by atoms with Crippen LogP contribution >= 0.6 is 12.2 Å². The van der Waals surface area contributed by atoms with Crippen LogP contribution in [0.5, 0.6) is 5.75 Å². The summed E-state index contributed by atoms with van der Waals surface area (Å²) in [5, 5.41) is 21.4. The van der Waals surface area contributed by atoms with Gasteiger partial charge in [0.25, 0.3) is 5.91 Å². The molecule has 1 heterocycles. The maximum Gasteiger partial charge on any atom is 0.251 e. The van der Waals surface area contributed by atoms with Gasteiger partial charge in [0.05, 0.1) is 5.69 Å². The van der Waals surface area contributed by atoms with Gasteiger partial charge in [0, 0.05) is 23.6 Å². The Morgan fingerprint density at radius 1 is 1.14 bits per heavy atom. The molecule has 0 bridgehead atoms. The summed E-state index contributed by atoms with van der Waals surface area (Å²) in [6, 6.07) is 16.5. The van der Waals surface area contributed by atoms with Crippen molar-refractivity contribution in [2.45, 2.75) is 6.92 Å². The molecule has 140 valence electrons. The SMILES string of the molecule is CNC(=O)c1ccc(-n2c(-c3ccc(O)cc3C)n[nH]c2=S)c2ccccc12. The predicted octanol–water partition coefficient (Wildman–Crippen LogP) is 4.12.